The first-order chi connectivity index (χ1) is 17.6. The Bertz CT molecular complexity index is 1170. The van der Waals surface area contributed by atoms with Crippen LogP contribution in [0.3, 0.4) is 0 Å². The van der Waals surface area contributed by atoms with E-state index in [9.17, 15) is 13.2 Å². The van der Waals surface area contributed by atoms with E-state index < -0.39 is 10.0 Å². The van der Waals surface area contributed by atoms with E-state index in [0.717, 1.165) is 31.2 Å². The zero-order chi connectivity index (χ0) is 27.0. The maximum absolute atomic E-state index is 13.6. The summed E-state index contributed by atoms with van der Waals surface area (Å²) in [7, 11) is -3.56. The summed E-state index contributed by atoms with van der Waals surface area (Å²) in [4.78, 5) is 18.2. The van der Waals surface area contributed by atoms with Crippen LogP contribution in [0.25, 0.3) is 6.08 Å². The van der Waals surface area contributed by atoms with Gasteiger partial charge in [-0.05, 0) is 61.3 Å². The van der Waals surface area contributed by atoms with Crippen LogP contribution in [-0.2, 0) is 16.4 Å². The van der Waals surface area contributed by atoms with Crippen molar-refractivity contribution in [3.8, 4) is 0 Å². The molecule has 202 valence electrons. The van der Waals surface area contributed by atoms with Gasteiger partial charge in [0.2, 0.25) is 10.0 Å². The number of carbonyl (C=O) groups is 1. The first kappa shape index (κ1) is 28.9. The fraction of sp³-hybridized carbons (Fsp3) is 0.517. The van der Waals surface area contributed by atoms with Gasteiger partial charge < -0.3 is 11.1 Å². The van der Waals surface area contributed by atoms with Crippen molar-refractivity contribution in [2.75, 3.05) is 17.1 Å². The Hall–Kier alpha value is -2.71. The number of allylic oxidation sites excluding steroid dienone is 1. The molecule has 7 nitrogen and oxygen atoms in total. The van der Waals surface area contributed by atoms with Crippen molar-refractivity contribution in [1.29, 1.82) is 0 Å². The predicted molar refractivity (Wildman–Crippen MR) is 152 cm³/mol. The summed E-state index contributed by atoms with van der Waals surface area (Å²) in [6.45, 7) is 6.52. The van der Waals surface area contributed by atoms with Gasteiger partial charge in [-0.15, -0.1) is 0 Å². The number of hydrogen-bond donors (Lipinski definition) is 2. The van der Waals surface area contributed by atoms with Crippen LogP contribution in [0.4, 0.5) is 5.82 Å². The highest BCUT2D eigenvalue weighted by Crippen LogP contribution is 2.39. The van der Waals surface area contributed by atoms with E-state index in [4.69, 9.17) is 5.73 Å². The molecule has 8 heteroatoms. The van der Waals surface area contributed by atoms with Gasteiger partial charge in [0.25, 0.3) is 5.91 Å². The lowest BCUT2D eigenvalue weighted by Crippen LogP contribution is -2.49. The number of carbonyl (C=O) groups excluding carboxylic acids is 1. The zero-order valence-electron chi connectivity index (χ0n) is 22.6. The minimum absolute atomic E-state index is 0.200. The van der Waals surface area contributed by atoms with Crippen molar-refractivity contribution in [3.05, 3.63) is 65.4 Å². The van der Waals surface area contributed by atoms with Gasteiger partial charge in [-0.2, -0.15) is 0 Å². The summed E-state index contributed by atoms with van der Waals surface area (Å²) < 4.78 is 26.4. The van der Waals surface area contributed by atoms with Gasteiger partial charge in [0.1, 0.15) is 5.82 Å². The van der Waals surface area contributed by atoms with Crippen LogP contribution in [0.15, 0.2) is 48.5 Å². The fourth-order valence-corrected chi connectivity index (χ4v) is 5.39. The Kier molecular flexibility index (Phi) is 10.3. The first-order valence-electron chi connectivity index (χ1n) is 13.4. The molecule has 1 aliphatic carbocycles. The number of pyridine rings is 1. The molecule has 2 unspecified atom stereocenters. The molecule has 0 radical (unpaired) electrons. The number of hydrogen-bond acceptors (Lipinski definition) is 5. The van der Waals surface area contributed by atoms with E-state index >= 15 is 0 Å². The number of nitrogens with one attached hydrogen (secondary N) is 1. The molecule has 4 atom stereocenters. The second-order valence-corrected chi connectivity index (χ2v) is 12.2. The number of nitrogens with zero attached hydrogens (tertiary/aromatic N) is 2. The third-order valence-corrected chi connectivity index (χ3v) is 8.06. The molecule has 0 bridgehead atoms. The van der Waals surface area contributed by atoms with Gasteiger partial charge in [-0.25, -0.2) is 13.4 Å². The van der Waals surface area contributed by atoms with Gasteiger partial charge in [-0.3, -0.25) is 9.10 Å². The maximum Gasteiger partial charge on any atom is 0.251 e. The van der Waals surface area contributed by atoms with Gasteiger partial charge >= 0.3 is 0 Å². The van der Waals surface area contributed by atoms with Crippen molar-refractivity contribution in [3.63, 3.8) is 0 Å². The molecule has 1 aromatic carbocycles. The van der Waals surface area contributed by atoms with Gasteiger partial charge in [0.05, 0.1) is 11.9 Å². The zero-order valence-corrected chi connectivity index (χ0v) is 23.4. The molecule has 1 fully saturated rings. The lowest BCUT2D eigenvalue weighted by molar-refractivity contribution is 0.0929. The van der Waals surface area contributed by atoms with E-state index in [1.54, 1.807) is 12.1 Å². The van der Waals surface area contributed by atoms with Crippen LogP contribution >= 0.6 is 0 Å². The molecule has 1 amide bonds. The van der Waals surface area contributed by atoms with Crippen LogP contribution in [0.1, 0.15) is 74.5 Å². The van der Waals surface area contributed by atoms with Gasteiger partial charge in [0, 0.05) is 24.2 Å². The van der Waals surface area contributed by atoms with Crippen LogP contribution in [0.2, 0.25) is 0 Å². The molecule has 2 aromatic rings. The lowest BCUT2D eigenvalue weighted by Gasteiger charge is -2.26. The van der Waals surface area contributed by atoms with Crippen molar-refractivity contribution in [1.82, 2.24) is 10.3 Å². The Morgan fingerprint density at radius 1 is 1.22 bits per heavy atom. The van der Waals surface area contributed by atoms with Crippen LogP contribution in [0.5, 0.6) is 0 Å². The molecular formula is C29H42N4O3S. The highest BCUT2D eigenvalue weighted by atomic mass is 32.2. The van der Waals surface area contributed by atoms with Crippen molar-refractivity contribution in [2.45, 2.75) is 71.4 Å². The van der Waals surface area contributed by atoms with Crippen LogP contribution in [0, 0.1) is 11.8 Å². The van der Waals surface area contributed by atoms with E-state index in [2.05, 4.69) is 30.2 Å². The average molecular weight is 527 g/mol. The number of sulfonamides is 1. The van der Waals surface area contributed by atoms with Gasteiger partial charge in [-0.1, -0.05) is 70.0 Å². The van der Waals surface area contributed by atoms with Crippen molar-refractivity contribution < 1.29 is 13.2 Å². The van der Waals surface area contributed by atoms with Crippen LogP contribution in [-0.4, -0.2) is 44.2 Å². The normalized spacial score (nSPS) is 18.9. The van der Waals surface area contributed by atoms with E-state index in [1.807, 2.05) is 43.3 Å². The SMILES string of the molecule is CCCC[C@H](N)[C@H](Cc1ccccc1)NC(=O)c1cc(C=CC2CC2C)nc(N(CCC)S(C)(=O)=O)c1. The number of rotatable bonds is 14. The number of nitrogens with two attached hydrogens (primary N) is 1. The molecule has 1 aromatic heterocycles. The van der Waals surface area contributed by atoms with Gasteiger partial charge in [0.15, 0.2) is 0 Å². The summed E-state index contributed by atoms with van der Waals surface area (Å²) >= 11 is 0. The fourth-order valence-electron chi connectivity index (χ4n) is 4.45. The summed E-state index contributed by atoms with van der Waals surface area (Å²) in [5.41, 5.74) is 8.60. The molecule has 0 saturated heterocycles. The van der Waals surface area contributed by atoms with E-state index in [0.29, 0.717) is 35.9 Å². The van der Waals surface area contributed by atoms with E-state index in [1.165, 1.54) is 10.6 Å². The van der Waals surface area contributed by atoms with E-state index in [-0.39, 0.29) is 30.4 Å². The number of anilines is 1. The van der Waals surface area contributed by atoms with Crippen LogP contribution < -0.4 is 15.4 Å². The third-order valence-electron chi connectivity index (χ3n) is 6.89. The largest absolute Gasteiger partial charge is 0.347 e. The smallest absolute Gasteiger partial charge is 0.251 e. The first-order valence-corrected chi connectivity index (χ1v) is 15.3. The molecule has 0 spiro atoms. The predicted octanol–water partition coefficient (Wildman–Crippen LogP) is 4.79. The Balaban J connectivity index is 1.93. The van der Waals surface area contributed by atoms with Crippen molar-refractivity contribution in [2.24, 2.45) is 17.6 Å². The Morgan fingerprint density at radius 2 is 1.92 bits per heavy atom. The summed E-state index contributed by atoms with van der Waals surface area (Å²) in [6, 6.07) is 12.8. The average Bonchev–Trinajstić information content (AvgIpc) is 3.58. The molecule has 0 aliphatic heterocycles. The minimum atomic E-state index is -3.56. The lowest BCUT2D eigenvalue weighted by atomic mass is 9.95. The second kappa shape index (κ2) is 13.2. The highest BCUT2D eigenvalue weighted by molar-refractivity contribution is 7.92. The Labute approximate surface area is 222 Å². The molecule has 1 heterocycles. The third kappa shape index (κ3) is 8.68. The molecule has 37 heavy (non-hydrogen) atoms. The molecule has 1 aliphatic rings. The Morgan fingerprint density at radius 3 is 2.51 bits per heavy atom. The number of aromatic nitrogens is 1. The van der Waals surface area contributed by atoms with Crippen molar-refractivity contribution >= 4 is 27.8 Å². The second-order valence-electron chi connectivity index (χ2n) is 10.3. The minimum Gasteiger partial charge on any atom is -0.347 e. The quantitative estimate of drug-likeness (QED) is 0.368. The summed E-state index contributed by atoms with van der Waals surface area (Å²) in [6.07, 6.45) is 10.4. The molecule has 1 saturated carbocycles. The number of unbranched alkanes of at least 4 members (excludes halogenated alkanes) is 1. The summed E-state index contributed by atoms with van der Waals surface area (Å²) in [5.74, 6) is 1.11. The number of amides is 1. The monoisotopic (exact) mass is 526 g/mol. The number of benzene rings is 1. The summed E-state index contributed by atoms with van der Waals surface area (Å²) in [5, 5.41) is 3.16. The topological polar surface area (TPSA) is 105 Å². The molecule has 3 N–H and O–H groups in total. The molecular weight excluding hydrogens is 484 g/mol. The maximum atomic E-state index is 13.6. The molecule has 3 rings (SSSR count). The highest BCUT2D eigenvalue weighted by Gasteiger charge is 2.29. The standard InChI is InChI=1S/C29H42N4O3S/c1-5-7-13-26(30)27(18-22-11-9-8-10-12-22)32-29(34)24-19-25(15-14-23-17-21(23)3)31-28(20-24)33(16-6-2)37(4,35)36/h8-12,14-15,19-21,23,26-27H,5-7,13,16-18,30H2,1-4H3,(H,32,34)/t21?,23?,26-,27-/m0/s1.